The Hall–Kier alpha value is -2.95. The molecule has 1 heterocycles. The number of para-hydroxylation sites is 1. The van der Waals surface area contributed by atoms with Crippen molar-refractivity contribution in [3.05, 3.63) is 75.3 Å². The van der Waals surface area contributed by atoms with Crippen LogP contribution in [-0.2, 0) is 11.3 Å². The van der Waals surface area contributed by atoms with Gasteiger partial charge in [0.15, 0.2) is 0 Å². The van der Waals surface area contributed by atoms with Crippen molar-refractivity contribution < 1.29 is 9.53 Å². The minimum atomic E-state index is -0.387. The summed E-state index contributed by atoms with van der Waals surface area (Å²) in [4.78, 5) is 29.2. The molecule has 0 aliphatic carbocycles. The van der Waals surface area contributed by atoms with Gasteiger partial charge in [0.2, 0.25) is 0 Å². The van der Waals surface area contributed by atoms with Crippen molar-refractivity contribution >= 4 is 16.9 Å². The quantitative estimate of drug-likeness (QED) is 0.687. The first-order valence-corrected chi connectivity index (χ1v) is 8.18. The summed E-state index contributed by atoms with van der Waals surface area (Å²) in [6.45, 7) is 6.12. The fourth-order valence-corrected chi connectivity index (χ4v) is 2.72. The second-order valence-electron chi connectivity index (χ2n) is 6.07. The zero-order chi connectivity index (χ0) is 18.0. The van der Waals surface area contributed by atoms with Crippen LogP contribution in [0.1, 0.15) is 27.3 Å². The number of carbonyl (C=O) groups is 1. The molecule has 0 fully saturated rings. The monoisotopic (exact) mass is 336 g/mol. The molecule has 0 aliphatic heterocycles. The summed E-state index contributed by atoms with van der Waals surface area (Å²) in [5.74, 6) is 0.216. The Morgan fingerprint density at radius 1 is 1.08 bits per heavy atom. The molecule has 0 saturated carbocycles. The van der Waals surface area contributed by atoms with Gasteiger partial charge in [0, 0.05) is 0 Å². The minimum absolute atomic E-state index is 0.118. The summed E-state index contributed by atoms with van der Waals surface area (Å²) in [7, 11) is 0. The topological polar surface area (TPSA) is 61.2 Å². The lowest BCUT2D eigenvalue weighted by atomic mass is 10.1. The zero-order valence-electron chi connectivity index (χ0n) is 14.6. The SMILES string of the molecule is Cc1ccc(C(=O)OCCn2c(C)nc3ccccc3c2=O)cc1C. The molecule has 0 radical (unpaired) electrons. The molecule has 0 unspecified atom stereocenters. The molecule has 1 aromatic heterocycles. The highest BCUT2D eigenvalue weighted by atomic mass is 16.5. The van der Waals surface area contributed by atoms with E-state index in [1.807, 2.05) is 44.2 Å². The molecule has 0 bridgehead atoms. The molecule has 0 aliphatic rings. The number of rotatable bonds is 4. The van der Waals surface area contributed by atoms with E-state index in [0.717, 1.165) is 11.1 Å². The predicted molar refractivity (Wildman–Crippen MR) is 96.9 cm³/mol. The Kier molecular flexibility index (Phi) is 4.65. The molecule has 25 heavy (non-hydrogen) atoms. The summed E-state index contributed by atoms with van der Waals surface area (Å²) in [5, 5.41) is 0.564. The van der Waals surface area contributed by atoms with Crippen molar-refractivity contribution in [2.75, 3.05) is 6.61 Å². The zero-order valence-corrected chi connectivity index (χ0v) is 14.6. The molecular weight excluding hydrogens is 316 g/mol. The molecule has 5 heteroatoms. The number of aromatic nitrogens is 2. The van der Waals surface area contributed by atoms with Crippen molar-refractivity contribution in [2.45, 2.75) is 27.3 Å². The van der Waals surface area contributed by atoms with Gasteiger partial charge in [-0.05, 0) is 56.2 Å². The number of esters is 1. The average Bonchev–Trinajstić information content (AvgIpc) is 2.60. The van der Waals surface area contributed by atoms with Crippen LogP contribution in [0.3, 0.4) is 0 Å². The van der Waals surface area contributed by atoms with Crippen LogP contribution < -0.4 is 5.56 Å². The Morgan fingerprint density at radius 2 is 1.84 bits per heavy atom. The van der Waals surface area contributed by atoms with Crippen LogP contribution in [0.15, 0.2) is 47.3 Å². The number of nitrogens with zero attached hydrogens (tertiary/aromatic N) is 2. The highest BCUT2D eigenvalue weighted by Crippen LogP contribution is 2.11. The summed E-state index contributed by atoms with van der Waals surface area (Å²) in [5.41, 5.74) is 3.24. The van der Waals surface area contributed by atoms with Crippen LogP contribution in [0, 0.1) is 20.8 Å². The lowest BCUT2D eigenvalue weighted by molar-refractivity contribution is 0.0489. The summed E-state index contributed by atoms with van der Waals surface area (Å²) >= 11 is 0. The van der Waals surface area contributed by atoms with E-state index in [4.69, 9.17) is 4.74 Å². The van der Waals surface area contributed by atoms with Gasteiger partial charge in [-0.25, -0.2) is 9.78 Å². The van der Waals surface area contributed by atoms with Crippen molar-refractivity contribution in [3.63, 3.8) is 0 Å². The van der Waals surface area contributed by atoms with Crippen molar-refractivity contribution in [1.82, 2.24) is 9.55 Å². The second kappa shape index (κ2) is 6.89. The van der Waals surface area contributed by atoms with Gasteiger partial charge in [-0.15, -0.1) is 0 Å². The average molecular weight is 336 g/mol. The highest BCUT2D eigenvalue weighted by Gasteiger charge is 2.11. The Balaban J connectivity index is 1.74. The molecule has 0 amide bonds. The van der Waals surface area contributed by atoms with Crippen LogP contribution >= 0.6 is 0 Å². The first-order valence-electron chi connectivity index (χ1n) is 8.18. The lowest BCUT2D eigenvalue weighted by Gasteiger charge is -2.11. The van der Waals surface area contributed by atoms with Crippen LogP contribution in [0.2, 0.25) is 0 Å². The predicted octanol–water partition coefficient (Wildman–Crippen LogP) is 3.18. The third-order valence-corrected chi connectivity index (χ3v) is 4.34. The maximum absolute atomic E-state index is 12.6. The van der Waals surface area contributed by atoms with E-state index in [-0.39, 0.29) is 24.7 Å². The van der Waals surface area contributed by atoms with Crippen LogP contribution in [0.4, 0.5) is 0 Å². The number of aryl methyl sites for hydroxylation is 3. The Labute approximate surface area is 145 Å². The van der Waals surface area contributed by atoms with E-state index in [1.165, 1.54) is 4.57 Å². The second-order valence-corrected chi connectivity index (χ2v) is 6.07. The van der Waals surface area contributed by atoms with Crippen LogP contribution in [-0.4, -0.2) is 22.1 Å². The summed E-state index contributed by atoms with van der Waals surface area (Å²) in [6, 6.07) is 12.7. The van der Waals surface area contributed by atoms with E-state index in [1.54, 1.807) is 19.1 Å². The largest absolute Gasteiger partial charge is 0.460 e. The summed E-state index contributed by atoms with van der Waals surface area (Å²) < 4.78 is 6.86. The van der Waals surface area contributed by atoms with E-state index in [9.17, 15) is 9.59 Å². The highest BCUT2D eigenvalue weighted by molar-refractivity contribution is 5.89. The van der Waals surface area contributed by atoms with Crippen LogP contribution in [0.25, 0.3) is 10.9 Å². The number of carbonyl (C=O) groups excluding carboxylic acids is 1. The smallest absolute Gasteiger partial charge is 0.338 e. The van der Waals surface area contributed by atoms with E-state index >= 15 is 0 Å². The van der Waals surface area contributed by atoms with E-state index in [0.29, 0.717) is 22.3 Å². The van der Waals surface area contributed by atoms with Gasteiger partial charge in [0.1, 0.15) is 12.4 Å². The molecule has 128 valence electrons. The van der Waals surface area contributed by atoms with E-state index < -0.39 is 0 Å². The van der Waals surface area contributed by atoms with Crippen molar-refractivity contribution in [2.24, 2.45) is 0 Å². The van der Waals surface area contributed by atoms with Gasteiger partial charge in [-0.2, -0.15) is 0 Å². The maximum Gasteiger partial charge on any atom is 0.338 e. The van der Waals surface area contributed by atoms with Crippen molar-refractivity contribution in [1.29, 1.82) is 0 Å². The number of benzene rings is 2. The van der Waals surface area contributed by atoms with Crippen LogP contribution in [0.5, 0.6) is 0 Å². The fourth-order valence-electron chi connectivity index (χ4n) is 2.72. The molecule has 3 aromatic rings. The Bertz CT molecular complexity index is 1010. The number of ether oxygens (including phenoxy) is 1. The third kappa shape index (κ3) is 3.45. The van der Waals surface area contributed by atoms with E-state index in [2.05, 4.69) is 4.98 Å². The molecule has 2 aromatic carbocycles. The van der Waals surface area contributed by atoms with Gasteiger partial charge in [0.05, 0.1) is 23.0 Å². The normalized spacial score (nSPS) is 10.8. The first-order chi connectivity index (χ1) is 12.0. The molecule has 0 spiro atoms. The Morgan fingerprint density at radius 3 is 2.60 bits per heavy atom. The minimum Gasteiger partial charge on any atom is -0.460 e. The van der Waals surface area contributed by atoms with Gasteiger partial charge >= 0.3 is 5.97 Å². The number of fused-ring (bicyclic) bond motifs is 1. The lowest BCUT2D eigenvalue weighted by Crippen LogP contribution is -2.26. The molecule has 5 nitrogen and oxygen atoms in total. The third-order valence-electron chi connectivity index (χ3n) is 4.34. The number of hydrogen-bond donors (Lipinski definition) is 0. The van der Waals surface area contributed by atoms with Gasteiger partial charge < -0.3 is 4.74 Å². The molecular formula is C20H20N2O3. The summed E-state index contributed by atoms with van der Waals surface area (Å²) in [6.07, 6.45) is 0. The molecule has 0 N–H and O–H groups in total. The van der Waals surface area contributed by atoms with Gasteiger partial charge in [-0.3, -0.25) is 9.36 Å². The molecule has 0 atom stereocenters. The molecule has 3 rings (SSSR count). The van der Waals surface area contributed by atoms with Gasteiger partial charge in [-0.1, -0.05) is 18.2 Å². The molecule has 0 saturated heterocycles. The number of hydrogen-bond acceptors (Lipinski definition) is 4. The van der Waals surface area contributed by atoms with Crippen molar-refractivity contribution in [3.8, 4) is 0 Å². The van der Waals surface area contributed by atoms with Gasteiger partial charge in [0.25, 0.3) is 5.56 Å². The fraction of sp³-hybridized carbons (Fsp3) is 0.250. The first kappa shape index (κ1) is 16.9. The standard InChI is InChI=1S/C20H20N2O3/c1-13-8-9-16(12-14(13)2)20(24)25-11-10-22-15(3)21-18-7-5-4-6-17(18)19(22)23/h4-9,12H,10-11H2,1-3H3. The maximum atomic E-state index is 12.6.